The Morgan fingerprint density at radius 1 is 1.32 bits per heavy atom. The normalized spacial score (nSPS) is 23.1. The quantitative estimate of drug-likeness (QED) is 0.647. The van der Waals surface area contributed by atoms with Crippen LogP contribution < -0.4 is 10.6 Å². The van der Waals surface area contributed by atoms with Gasteiger partial charge in [-0.05, 0) is 12.3 Å². The number of hydrogen-bond donors (Lipinski definition) is 3. The first-order valence-electron chi connectivity index (χ1n) is 6.46. The van der Waals surface area contributed by atoms with Crippen molar-refractivity contribution >= 4 is 17.9 Å². The number of nitrogens with one attached hydrogen (secondary N) is 2. The maximum Gasteiger partial charge on any atom is 0.321 e. The van der Waals surface area contributed by atoms with Crippen LogP contribution in [0.25, 0.3) is 0 Å². The summed E-state index contributed by atoms with van der Waals surface area (Å²) >= 11 is 0. The fourth-order valence-corrected chi connectivity index (χ4v) is 2.17. The van der Waals surface area contributed by atoms with Crippen molar-refractivity contribution in [3.8, 4) is 0 Å². The molecule has 3 amide bonds. The van der Waals surface area contributed by atoms with E-state index in [0.717, 1.165) is 6.42 Å². The van der Waals surface area contributed by atoms with E-state index in [9.17, 15) is 14.4 Å². The van der Waals surface area contributed by atoms with Crippen LogP contribution in [0, 0.1) is 11.8 Å². The standard InChI is InChI=1S/C12H21N3O4/c1-3-4-13-12(19)14-10(16)7-15-5-8(2)9(6-15)11(17)18/h8-9H,3-7H2,1-2H3,(H,17,18)(H2,13,14,16,19). The summed E-state index contributed by atoms with van der Waals surface area (Å²) in [7, 11) is 0. The number of rotatable bonds is 5. The fraction of sp³-hybridized carbons (Fsp3) is 0.750. The van der Waals surface area contributed by atoms with Crippen LogP contribution in [0.2, 0.25) is 0 Å². The molecule has 0 spiro atoms. The lowest BCUT2D eigenvalue weighted by molar-refractivity contribution is -0.142. The van der Waals surface area contributed by atoms with Crippen LogP contribution in [0.3, 0.4) is 0 Å². The molecule has 0 aromatic carbocycles. The Morgan fingerprint density at radius 2 is 2.00 bits per heavy atom. The van der Waals surface area contributed by atoms with Crippen molar-refractivity contribution < 1.29 is 19.5 Å². The van der Waals surface area contributed by atoms with E-state index in [-0.39, 0.29) is 12.5 Å². The number of likely N-dealkylation sites (tertiary alicyclic amines) is 1. The Morgan fingerprint density at radius 3 is 2.53 bits per heavy atom. The van der Waals surface area contributed by atoms with Crippen LogP contribution in [0.4, 0.5) is 4.79 Å². The maximum absolute atomic E-state index is 11.6. The van der Waals surface area contributed by atoms with Crippen molar-refractivity contribution in [3.63, 3.8) is 0 Å². The molecule has 2 atom stereocenters. The van der Waals surface area contributed by atoms with Gasteiger partial charge in [0, 0.05) is 19.6 Å². The van der Waals surface area contributed by atoms with Gasteiger partial charge in [0.15, 0.2) is 0 Å². The van der Waals surface area contributed by atoms with E-state index in [4.69, 9.17) is 5.11 Å². The summed E-state index contributed by atoms with van der Waals surface area (Å²) in [4.78, 5) is 35.6. The number of nitrogens with zero attached hydrogens (tertiary/aromatic N) is 1. The molecule has 19 heavy (non-hydrogen) atoms. The summed E-state index contributed by atoms with van der Waals surface area (Å²) in [6.07, 6.45) is 0.797. The number of amides is 3. The van der Waals surface area contributed by atoms with E-state index in [1.54, 1.807) is 4.90 Å². The topological polar surface area (TPSA) is 98.7 Å². The SMILES string of the molecule is CCCNC(=O)NC(=O)CN1CC(C)C(C(=O)O)C1. The lowest BCUT2D eigenvalue weighted by atomic mass is 9.99. The highest BCUT2D eigenvalue weighted by atomic mass is 16.4. The fourth-order valence-electron chi connectivity index (χ4n) is 2.17. The highest BCUT2D eigenvalue weighted by Crippen LogP contribution is 2.22. The molecule has 0 radical (unpaired) electrons. The van der Waals surface area contributed by atoms with E-state index in [0.29, 0.717) is 19.6 Å². The van der Waals surface area contributed by atoms with Crippen LogP contribution >= 0.6 is 0 Å². The molecular weight excluding hydrogens is 250 g/mol. The molecule has 0 aromatic heterocycles. The zero-order valence-electron chi connectivity index (χ0n) is 11.3. The molecular formula is C12H21N3O4. The van der Waals surface area contributed by atoms with Crippen molar-refractivity contribution in [2.24, 2.45) is 11.8 Å². The van der Waals surface area contributed by atoms with Crippen molar-refractivity contribution in [3.05, 3.63) is 0 Å². The summed E-state index contributed by atoms with van der Waals surface area (Å²) in [5, 5.41) is 13.7. The van der Waals surface area contributed by atoms with Crippen LogP contribution in [-0.4, -0.2) is 54.1 Å². The molecule has 1 saturated heterocycles. The van der Waals surface area contributed by atoms with Crippen LogP contribution in [-0.2, 0) is 9.59 Å². The summed E-state index contributed by atoms with van der Waals surface area (Å²) < 4.78 is 0. The number of urea groups is 1. The van der Waals surface area contributed by atoms with Gasteiger partial charge in [0.1, 0.15) is 0 Å². The van der Waals surface area contributed by atoms with Crippen molar-refractivity contribution in [2.45, 2.75) is 20.3 Å². The number of hydrogen-bond acceptors (Lipinski definition) is 4. The first kappa shape index (κ1) is 15.4. The lowest BCUT2D eigenvalue weighted by Gasteiger charge is -2.14. The smallest absolute Gasteiger partial charge is 0.321 e. The molecule has 3 N–H and O–H groups in total. The molecule has 7 nitrogen and oxygen atoms in total. The van der Waals surface area contributed by atoms with E-state index in [1.165, 1.54) is 0 Å². The Kier molecular flexibility index (Phi) is 5.75. The zero-order chi connectivity index (χ0) is 14.4. The Bertz CT molecular complexity index is 359. The lowest BCUT2D eigenvalue weighted by Crippen LogP contribution is -2.44. The minimum absolute atomic E-state index is 0.0132. The van der Waals surface area contributed by atoms with Gasteiger partial charge in [-0.2, -0.15) is 0 Å². The molecule has 1 aliphatic heterocycles. The molecule has 0 aromatic rings. The van der Waals surface area contributed by atoms with Gasteiger partial charge >= 0.3 is 12.0 Å². The number of carboxylic acids is 1. The van der Waals surface area contributed by atoms with Gasteiger partial charge in [-0.25, -0.2) is 4.79 Å². The molecule has 108 valence electrons. The molecule has 1 rings (SSSR count). The Hall–Kier alpha value is -1.63. The molecule has 1 fully saturated rings. The average Bonchev–Trinajstić information content (AvgIpc) is 2.67. The Labute approximate surface area is 112 Å². The second-order valence-electron chi connectivity index (χ2n) is 4.92. The van der Waals surface area contributed by atoms with E-state index in [1.807, 2.05) is 13.8 Å². The van der Waals surface area contributed by atoms with Gasteiger partial charge in [0.05, 0.1) is 12.5 Å². The van der Waals surface area contributed by atoms with Gasteiger partial charge in [-0.3, -0.25) is 19.8 Å². The highest BCUT2D eigenvalue weighted by molar-refractivity contribution is 5.95. The van der Waals surface area contributed by atoms with E-state index < -0.39 is 23.8 Å². The molecule has 0 aliphatic carbocycles. The summed E-state index contributed by atoms with van der Waals surface area (Å²) in [5.74, 6) is -1.68. The summed E-state index contributed by atoms with van der Waals surface area (Å²) in [6.45, 7) is 5.24. The summed E-state index contributed by atoms with van der Waals surface area (Å²) in [6, 6.07) is -0.506. The Balaban J connectivity index is 2.34. The molecule has 0 bridgehead atoms. The van der Waals surface area contributed by atoms with Crippen LogP contribution in [0.1, 0.15) is 20.3 Å². The number of carbonyl (C=O) groups excluding carboxylic acids is 2. The average molecular weight is 271 g/mol. The maximum atomic E-state index is 11.6. The largest absolute Gasteiger partial charge is 0.481 e. The number of aliphatic carboxylic acids is 1. The predicted octanol–water partition coefficient (Wildman–Crippen LogP) is -0.125. The second-order valence-corrected chi connectivity index (χ2v) is 4.92. The molecule has 1 aliphatic rings. The van der Waals surface area contributed by atoms with Gasteiger partial charge in [0.2, 0.25) is 5.91 Å². The van der Waals surface area contributed by atoms with Crippen molar-refractivity contribution in [1.29, 1.82) is 0 Å². The number of imide groups is 1. The third-order valence-electron chi connectivity index (χ3n) is 3.16. The van der Waals surface area contributed by atoms with Gasteiger partial charge in [-0.1, -0.05) is 13.8 Å². The van der Waals surface area contributed by atoms with Gasteiger partial charge in [-0.15, -0.1) is 0 Å². The van der Waals surface area contributed by atoms with Crippen LogP contribution in [0.5, 0.6) is 0 Å². The zero-order valence-corrected chi connectivity index (χ0v) is 11.3. The number of carbonyl (C=O) groups is 3. The van der Waals surface area contributed by atoms with E-state index in [2.05, 4.69) is 10.6 Å². The monoisotopic (exact) mass is 271 g/mol. The summed E-state index contributed by atoms with van der Waals surface area (Å²) in [5.41, 5.74) is 0. The van der Waals surface area contributed by atoms with Crippen LogP contribution in [0.15, 0.2) is 0 Å². The van der Waals surface area contributed by atoms with E-state index >= 15 is 0 Å². The third-order valence-corrected chi connectivity index (χ3v) is 3.16. The minimum Gasteiger partial charge on any atom is -0.481 e. The molecule has 0 saturated carbocycles. The molecule has 1 heterocycles. The first-order chi connectivity index (χ1) is 8.93. The second kappa shape index (κ2) is 7.08. The molecule has 2 unspecified atom stereocenters. The van der Waals surface area contributed by atoms with Gasteiger partial charge < -0.3 is 10.4 Å². The minimum atomic E-state index is -0.837. The number of carboxylic acid groups (broad SMARTS) is 1. The van der Waals surface area contributed by atoms with Crippen molar-refractivity contribution in [1.82, 2.24) is 15.5 Å². The molecule has 7 heteroatoms. The first-order valence-corrected chi connectivity index (χ1v) is 6.46. The predicted molar refractivity (Wildman–Crippen MR) is 68.6 cm³/mol. The van der Waals surface area contributed by atoms with Gasteiger partial charge in [0.25, 0.3) is 0 Å². The highest BCUT2D eigenvalue weighted by Gasteiger charge is 2.35. The van der Waals surface area contributed by atoms with Crippen molar-refractivity contribution in [2.75, 3.05) is 26.2 Å². The third kappa shape index (κ3) is 4.86.